The van der Waals surface area contributed by atoms with Crippen molar-refractivity contribution in [1.29, 1.82) is 0 Å². The van der Waals surface area contributed by atoms with E-state index in [1.165, 1.54) is 0 Å². The van der Waals surface area contributed by atoms with Crippen LogP contribution >= 0.6 is 27.5 Å². The quantitative estimate of drug-likeness (QED) is 0.727. The molecule has 19 heavy (non-hydrogen) atoms. The second-order valence-electron chi connectivity index (χ2n) is 4.55. The minimum Gasteiger partial charge on any atom is -0.439 e. The highest BCUT2D eigenvalue weighted by Crippen LogP contribution is 2.28. The molecule has 0 spiro atoms. The Morgan fingerprint density at radius 1 is 1.21 bits per heavy atom. The molecule has 0 N–H and O–H groups in total. The van der Waals surface area contributed by atoms with Crippen LogP contribution in [-0.4, -0.2) is 9.97 Å². The standard InChI is InChI=1S/C14H14BrClN2O/c1-8(2)14-17-12(15)7-13(18-14)19-11-6-10(16)5-4-9(11)3/h4-8H,1-3H3. The van der Waals surface area contributed by atoms with Crippen molar-refractivity contribution in [1.82, 2.24) is 9.97 Å². The summed E-state index contributed by atoms with van der Waals surface area (Å²) in [6, 6.07) is 7.27. The molecule has 3 nitrogen and oxygen atoms in total. The molecular formula is C14H14BrClN2O. The molecule has 0 unspecified atom stereocenters. The van der Waals surface area contributed by atoms with Gasteiger partial charge in [-0.2, -0.15) is 4.98 Å². The minimum atomic E-state index is 0.236. The molecule has 1 aromatic carbocycles. The molecule has 2 rings (SSSR count). The van der Waals surface area contributed by atoms with Crippen molar-refractivity contribution in [2.75, 3.05) is 0 Å². The van der Waals surface area contributed by atoms with Gasteiger partial charge in [-0.25, -0.2) is 4.98 Å². The smallest absolute Gasteiger partial charge is 0.223 e. The molecule has 0 bridgehead atoms. The van der Waals surface area contributed by atoms with Crippen LogP contribution < -0.4 is 4.74 Å². The highest BCUT2D eigenvalue weighted by atomic mass is 79.9. The van der Waals surface area contributed by atoms with Gasteiger partial charge in [0.1, 0.15) is 16.2 Å². The molecule has 5 heteroatoms. The summed E-state index contributed by atoms with van der Waals surface area (Å²) in [6.07, 6.45) is 0. The predicted molar refractivity (Wildman–Crippen MR) is 80.1 cm³/mol. The van der Waals surface area contributed by atoms with E-state index in [-0.39, 0.29) is 5.92 Å². The molecule has 0 atom stereocenters. The molecule has 0 aliphatic heterocycles. The number of rotatable bonds is 3. The lowest BCUT2D eigenvalue weighted by molar-refractivity contribution is 0.453. The number of ether oxygens (including phenoxy) is 1. The molecule has 100 valence electrons. The zero-order valence-electron chi connectivity index (χ0n) is 10.9. The van der Waals surface area contributed by atoms with Crippen molar-refractivity contribution < 1.29 is 4.74 Å². The molecule has 2 aromatic rings. The summed E-state index contributed by atoms with van der Waals surface area (Å²) in [5, 5.41) is 0.637. The van der Waals surface area contributed by atoms with Gasteiger partial charge in [0.25, 0.3) is 0 Å². The average molecular weight is 342 g/mol. The Bertz CT molecular complexity index is 602. The third kappa shape index (κ3) is 3.67. The second-order valence-corrected chi connectivity index (χ2v) is 5.80. The zero-order valence-corrected chi connectivity index (χ0v) is 13.3. The van der Waals surface area contributed by atoms with E-state index in [0.717, 1.165) is 11.4 Å². The summed E-state index contributed by atoms with van der Waals surface area (Å²) in [7, 11) is 0. The first kappa shape index (κ1) is 14.3. The topological polar surface area (TPSA) is 35.0 Å². The van der Waals surface area contributed by atoms with E-state index in [2.05, 4.69) is 25.9 Å². The van der Waals surface area contributed by atoms with Crippen LogP contribution in [-0.2, 0) is 0 Å². The number of aryl methyl sites for hydroxylation is 1. The van der Waals surface area contributed by atoms with E-state index < -0.39 is 0 Å². The second kappa shape index (κ2) is 5.88. The first-order valence-electron chi connectivity index (χ1n) is 5.94. The fraction of sp³-hybridized carbons (Fsp3) is 0.286. The monoisotopic (exact) mass is 340 g/mol. The molecule has 1 aromatic heterocycles. The Balaban J connectivity index is 2.35. The van der Waals surface area contributed by atoms with Crippen LogP contribution in [0.15, 0.2) is 28.9 Å². The van der Waals surface area contributed by atoms with Crippen LogP contribution in [0.2, 0.25) is 5.02 Å². The highest BCUT2D eigenvalue weighted by molar-refractivity contribution is 9.10. The molecule has 0 saturated carbocycles. The van der Waals surface area contributed by atoms with Gasteiger partial charge in [-0.1, -0.05) is 31.5 Å². The fourth-order valence-corrected chi connectivity index (χ4v) is 2.06. The summed E-state index contributed by atoms with van der Waals surface area (Å²) >= 11 is 9.34. The van der Waals surface area contributed by atoms with Gasteiger partial charge in [0.15, 0.2) is 0 Å². The summed E-state index contributed by atoms with van der Waals surface area (Å²) in [5.41, 5.74) is 1.00. The van der Waals surface area contributed by atoms with Gasteiger partial charge >= 0.3 is 0 Å². The maximum Gasteiger partial charge on any atom is 0.223 e. The number of hydrogen-bond donors (Lipinski definition) is 0. The summed E-state index contributed by atoms with van der Waals surface area (Å²) in [4.78, 5) is 8.71. The molecule has 0 radical (unpaired) electrons. The lowest BCUT2D eigenvalue weighted by Crippen LogP contribution is -2.00. The maximum absolute atomic E-state index is 5.97. The normalized spacial score (nSPS) is 10.8. The van der Waals surface area contributed by atoms with Gasteiger partial charge in [0, 0.05) is 17.0 Å². The largest absolute Gasteiger partial charge is 0.439 e. The van der Waals surface area contributed by atoms with Crippen LogP contribution in [0, 0.1) is 6.92 Å². The Kier molecular flexibility index (Phi) is 4.42. The van der Waals surface area contributed by atoms with Crippen molar-refractivity contribution in [3.05, 3.63) is 45.3 Å². The maximum atomic E-state index is 5.97. The van der Waals surface area contributed by atoms with Gasteiger partial charge in [0.05, 0.1) is 0 Å². The van der Waals surface area contributed by atoms with E-state index in [9.17, 15) is 0 Å². The van der Waals surface area contributed by atoms with E-state index in [1.54, 1.807) is 12.1 Å². The molecular weight excluding hydrogens is 328 g/mol. The Morgan fingerprint density at radius 3 is 2.63 bits per heavy atom. The Hall–Kier alpha value is -1.13. The Morgan fingerprint density at radius 2 is 1.95 bits per heavy atom. The third-order valence-electron chi connectivity index (χ3n) is 2.57. The van der Waals surface area contributed by atoms with Crippen LogP contribution in [0.4, 0.5) is 0 Å². The van der Waals surface area contributed by atoms with Crippen molar-refractivity contribution in [2.24, 2.45) is 0 Å². The lowest BCUT2D eigenvalue weighted by atomic mass is 10.2. The molecule has 0 saturated heterocycles. The van der Waals surface area contributed by atoms with Crippen molar-refractivity contribution in [2.45, 2.75) is 26.7 Å². The number of benzene rings is 1. The molecule has 0 aliphatic carbocycles. The van der Waals surface area contributed by atoms with Gasteiger partial charge in [0.2, 0.25) is 5.88 Å². The number of aromatic nitrogens is 2. The average Bonchev–Trinajstić information content (AvgIpc) is 2.33. The van der Waals surface area contributed by atoms with Gasteiger partial charge in [-0.3, -0.25) is 0 Å². The molecule has 0 aliphatic rings. The number of nitrogens with zero attached hydrogens (tertiary/aromatic N) is 2. The first-order valence-corrected chi connectivity index (χ1v) is 7.11. The Labute approximate surface area is 126 Å². The number of hydrogen-bond acceptors (Lipinski definition) is 3. The van der Waals surface area contributed by atoms with Crippen LogP contribution in [0.1, 0.15) is 31.2 Å². The lowest BCUT2D eigenvalue weighted by Gasteiger charge is -2.10. The molecule has 0 amide bonds. The SMILES string of the molecule is Cc1ccc(Cl)cc1Oc1cc(Br)nc(C(C)C)n1. The predicted octanol–water partition coefficient (Wildman–Crippen LogP) is 5.12. The molecule has 0 fully saturated rings. The van der Waals surface area contributed by atoms with E-state index in [0.29, 0.717) is 21.3 Å². The van der Waals surface area contributed by atoms with Gasteiger partial charge < -0.3 is 4.74 Å². The molecule has 1 heterocycles. The minimum absolute atomic E-state index is 0.236. The van der Waals surface area contributed by atoms with E-state index in [4.69, 9.17) is 16.3 Å². The van der Waals surface area contributed by atoms with Gasteiger partial charge in [-0.05, 0) is 40.5 Å². The third-order valence-corrected chi connectivity index (χ3v) is 3.21. The zero-order chi connectivity index (χ0) is 14.0. The highest BCUT2D eigenvalue weighted by Gasteiger charge is 2.09. The van der Waals surface area contributed by atoms with E-state index in [1.807, 2.05) is 32.9 Å². The van der Waals surface area contributed by atoms with Crippen LogP contribution in [0.3, 0.4) is 0 Å². The van der Waals surface area contributed by atoms with Crippen molar-refractivity contribution in [3.63, 3.8) is 0 Å². The van der Waals surface area contributed by atoms with Gasteiger partial charge in [-0.15, -0.1) is 0 Å². The summed E-state index contributed by atoms with van der Waals surface area (Å²) in [5.74, 6) is 2.19. The summed E-state index contributed by atoms with van der Waals surface area (Å²) < 4.78 is 6.51. The number of halogens is 2. The van der Waals surface area contributed by atoms with Crippen molar-refractivity contribution >= 4 is 27.5 Å². The van der Waals surface area contributed by atoms with Crippen LogP contribution in [0.5, 0.6) is 11.6 Å². The fourth-order valence-electron chi connectivity index (χ4n) is 1.52. The first-order chi connectivity index (χ1) is 8.95. The van der Waals surface area contributed by atoms with Crippen molar-refractivity contribution in [3.8, 4) is 11.6 Å². The summed E-state index contributed by atoms with van der Waals surface area (Å²) in [6.45, 7) is 6.04. The van der Waals surface area contributed by atoms with E-state index >= 15 is 0 Å². The van der Waals surface area contributed by atoms with Crippen LogP contribution in [0.25, 0.3) is 0 Å².